The summed E-state index contributed by atoms with van der Waals surface area (Å²) in [5, 5.41) is 3.68. The SMILES string of the molecule is CC1c2ccccc2C2Nc3ccccc3C12. The van der Waals surface area contributed by atoms with Crippen molar-refractivity contribution >= 4 is 5.69 Å². The number of fused-ring (bicyclic) bond motifs is 5. The van der Waals surface area contributed by atoms with E-state index in [1.807, 2.05) is 0 Å². The quantitative estimate of drug-likeness (QED) is 0.707. The molecule has 4 rings (SSSR count). The average Bonchev–Trinajstić information content (AvgIpc) is 2.88. The van der Waals surface area contributed by atoms with Crippen LogP contribution in [0.4, 0.5) is 5.69 Å². The maximum absolute atomic E-state index is 3.68. The predicted octanol–water partition coefficient (Wildman–Crippen LogP) is 4.05. The lowest BCUT2D eigenvalue weighted by atomic mass is 9.88. The van der Waals surface area contributed by atoms with Crippen LogP contribution in [0.15, 0.2) is 48.5 Å². The fraction of sp³-hybridized carbons (Fsp3) is 0.250. The summed E-state index contributed by atoms with van der Waals surface area (Å²) in [6.07, 6.45) is 0. The van der Waals surface area contributed by atoms with Gasteiger partial charge in [0.2, 0.25) is 0 Å². The van der Waals surface area contributed by atoms with Crippen LogP contribution in [0.5, 0.6) is 0 Å². The molecule has 1 N–H and O–H groups in total. The van der Waals surface area contributed by atoms with Crippen molar-refractivity contribution in [2.24, 2.45) is 0 Å². The molecule has 3 unspecified atom stereocenters. The second-order valence-electron chi connectivity index (χ2n) is 5.15. The predicted molar refractivity (Wildman–Crippen MR) is 70.4 cm³/mol. The lowest BCUT2D eigenvalue weighted by molar-refractivity contribution is 0.588. The van der Waals surface area contributed by atoms with Crippen molar-refractivity contribution in [3.05, 3.63) is 65.2 Å². The zero-order valence-electron chi connectivity index (χ0n) is 9.85. The summed E-state index contributed by atoms with van der Waals surface area (Å²) < 4.78 is 0. The highest BCUT2D eigenvalue weighted by Crippen LogP contribution is 2.57. The molecule has 0 saturated carbocycles. The van der Waals surface area contributed by atoms with Crippen LogP contribution in [0.3, 0.4) is 0 Å². The van der Waals surface area contributed by atoms with Gasteiger partial charge >= 0.3 is 0 Å². The van der Waals surface area contributed by atoms with Crippen LogP contribution in [0.1, 0.15) is 41.5 Å². The molecule has 1 nitrogen and oxygen atoms in total. The first-order valence-corrected chi connectivity index (χ1v) is 6.30. The van der Waals surface area contributed by atoms with Gasteiger partial charge in [0.15, 0.2) is 0 Å². The van der Waals surface area contributed by atoms with E-state index in [1.54, 1.807) is 0 Å². The minimum atomic E-state index is 0.485. The fourth-order valence-electron chi connectivity index (χ4n) is 3.59. The zero-order valence-corrected chi connectivity index (χ0v) is 9.85. The molecule has 0 radical (unpaired) electrons. The van der Waals surface area contributed by atoms with Crippen molar-refractivity contribution in [3.63, 3.8) is 0 Å². The van der Waals surface area contributed by atoms with E-state index in [0.29, 0.717) is 17.9 Å². The molecule has 0 amide bonds. The monoisotopic (exact) mass is 221 g/mol. The van der Waals surface area contributed by atoms with Crippen LogP contribution in [0.25, 0.3) is 0 Å². The Bertz CT molecular complexity index is 588. The van der Waals surface area contributed by atoms with Gasteiger partial charge in [-0.2, -0.15) is 0 Å². The first kappa shape index (κ1) is 9.29. The third-order valence-corrected chi connectivity index (χ3v) is 4.35. The number of nitrogens with one attached hydrogen (secondary N) is 1. The van der Waals surface area contributed by atoms with Gasteiger partial charge in [-0.25, -0.2) is 0 Å². The summed E-state index contributed by atoms with van der Waals surface area (Å²) in [5.41, 5.74) is 5.82. The Morgan fingerprint density at radius 1 is 0.824 bits per heavy atom. The van der Waals surface area contributed by atoms with E-state index in [1.165, 1.54) is 22.4 Å². The molecule has 84 valence electrons. The first-order chi connectivity index (χ1) is 8.36. The molecule has 0 fully saturated rings. The lowest BCUT2D eigenvalue weighted by Crippen LogP contribution is -2.06. The van der Waals surface area contributed by atoms with E-state index >= 15 is 0 Å². The lowest BCUT2D eigenvalue weighted by Gasteiger charge is -2.15. The van der Waals surface area contributed by atoms with Crippen molar-refractivity contribution in [3.8, 4) is 0 Å². The number of hydrogen-bond donors (Lipinski definition) is 1. The molecule has 3 atom stereocenters. The highest BCUT2D eigenvalue weighted by atomic mass is 15.0. The van der Waals surface area contributed by atoms with E-state index in [4.69, 9.17) is 0 Å². The van der Waals surface area contributed by atoms with E-state index in [2.05, 4.69) is 60.8 Å². The maximum atomic E-state index is 3.68. The van der Waals surface area contributed by atoms with Crippen molar-refractivity contribution in [2.45, 2.75) is 24.8 Å². The Balaban J connectivity index is 1.91. The number of hydrogen-bond acceptors (Lipinski definition) is 1. The van der Waals surface area contributed by atoms with Gasteiger partial charge < -0.3 is 5.32 Å². The average molecular weight is 221 g/mol. The number of rotatable bonds is 0. The minimum absolute atomic E-state index is 0.485. The normalized spacial score (nSPS) is 28.2. The summed E-state index contributed by atoms with van der Waals surface area (Å²) >= 11 is 0. The number of anilines is 1. The molecule has 0 aromatic heterocycles. The van der Waals surface area contributed by atoms with Crippen molar-refractivity contribution < 1.29 is 0 Å². The zero-order chi connectivity index (χ0) is 11.4. The van der Waals surface area contributed by atoms with Crippen molar-refractivity contribution in [2.75, 3.05) is 5.32 Å². The molecule has 1 heteroatoms. The number of para-hydroxylation sites is 1. The molecule has 2 aromatic rings. The van der Waals surface area contributed by atoms with Gasteiger partial charge in [-0.1, -0.05) is 49.4 Å². The molecule has 2 aromatic carbocycles. The topological polar surface area (TPSA) is 12.0 Å². The van der Waals surface area contributed by atoms with Gasteiger partial charge in [0, 0.05) is 11.6 Å². The third-order valence-electron chi connectivity index (χ3n) is 4.35. The Morgan fingerprint density at radius 3 is 2.29 bits per heavy atom. The van der Waals surface area contributed by atoms with Gasteiger partial charge in [-0.05, 0) is 28.7 Å². The molecule has 0 spiro atoms. The van der Waals surface area contributed by atoms with E-state index in [9.17, 15) is 0 Å². The summed E-state index contributed by atoms with van der Waals surface area (Å²) in [4.78, 5) is 0. The second-order valence-corrected chi connectivity index (χ2v) is 5.15. The van der Waals surface area contributed by atoms with Crippen LogP contribution in [-0.2, 0) is 0 Å². The standard InChI is InChI=1S/C16H15N/c1-10-11-6-2-3-7-12(11)16-15(10)13-8-4-5-9-14(13)17-16/h2-10,15-17H,1H3. The molecule has 0 saturated heterocycles. The Labute approximate surface area is 101 Å². The van der Waals surface area contributed by atoms with Gasteiger partial charge in [0.1, 0.15) is 0 Å². The Morgan fingerprint density at radius 2 is 1.47 bits per heavy atom. The minimum Gasteiger partial charge on any atom is -0.377 e. The highest BCUT2D eigenvalue weighted by molar-refractivity contribution is 5.65. The fourth-order valence-corrected chi connectivity index (χ4v) is 3.59. The summed E-state index contributed by atoms with van der Waals surface area (Å²) in [6, 6.07) is 18.1. The summed E-state index contributed by atoms with van der Waals surface area (Å²) in [5.74, 6) is 1.23. The molecule has 2 aliphatic rings. The van der Waals surface area contributed by atoms with E-state index < -0.39 is 0 Å². The smallest absolute Gasteiger partial charge is 0.0591 e. The molecule has 17 heavy (non-hydrogen) atoms. The summed E-state index contributed by atoms with van der Waals surface area (Å²) in [7, 11) is 0. The maximum Gasteiger partial charge on any atom is 0.0591 e. The molecule has 1 heterocycles. The van der Waals surface area contributed by atoms with Crippen LogP contribution in [0, 0.1) is 0 Å². The Kier molecular flexibility index (Phi) is 1.71. The van der Waals surface area contributed by atoms with Gasteiger partial charge in [-0.15, -0.1) is 0 Å². The highest BCUT2D eigenvalue weighted by Gasteiger charge is 2.43. The first-order valence-electron chi connectivity index (χ1n) is 6.30. The second kappa shape index (κ2) is 3.13. The molecular formula is C16H15N. The molecule has 1 aliphatic heterocycles. The van der Waals surface area contributed by atoms with Crippen molar-refractivity contribution in [1.82, 2.24) is 0 Å². The Hall–Kier alpha value is -1.76. The van der Waals surface area contributed by atoms with Crippen LogP contribution in [0.2, 0.25) is 0 Å². The van der Waals surface area contributed by atoms with Crippen LogP contribution in [-0.4, -0.2) is 0 Å². The van der Waals surface area contributed by atoms with Crippen LogP contribution < -0.4 is 5.32 Å². The number of benzene rings is 2. The third kappa shape index (κ3) is 1.09. The largest absolute Gasteiger partial charge is 0.377 e. The van der Waals surface area contributed by atoms with Crippen molar-refractivity contribution in [1.29, 1.82) is 0 Å². The van der Waals surface area contributed by atoms with Gasteiger partial charge in [-0.3, -0.25) is 0 Å². The molecule has 1 aliphatic carbocycles. The van der Waals surface area contributed by atoms with E-state index in [-0.39, 0.29) is 0 Å². The summed E-state index contributed by atoms with van der Waals surface area (Å²) in [6.45, 7) is 2.35. The molecule has 0 bridgehead atoms. The van der Waals surface area contributed by atoms with Crippen LogP contribution >= 0.6 is 0 Å². The van der Waals surface area contributed by atoms with Gasteiger partial charge in [0.25, 0.3) is 0 Å². The van der Waals surface area contributed by atoms with Gasteiger partial charge in [0.05, 0.1) is 6.04 Å². The molecular weight excluding hydrogens is 206 g/mol. The van der Waals surface area contributed by atoms with E-state index in [0.717, 1.165) is 0 Å².